The van der Waals surface area contributed by atoms with Crippen LogP contribution in [0, 0.1) is 0 Å². The van der Waals surface area contributed by atoms with E-state index >= 15 is 0 Å². The van der Waals surface area contributed by atoms with Gasteiger partial charge in [0.1, 0.15) is 21.1 Å². The molecular weight excluding hydrogens is 280 g/mol. The highest BCUT2D eigenvalue weighted by Gasteiger charge is 2.17. The number of nitrogens with zero attached hydrogens (tertiary/aromatic N) is 2. The van der Waals surface area contributed by atoms with Crippen molar-refractivity contribution < 1.29 is 18.3 Å². The third-order valence-corrected chi connectivity index (χ3v) is 3.65. The monoisotopic (exact) mass is 294 g/mol. The minimum atomic E-state index is -3.12. The summed E-state index contributed by atoms with van der Waals surface area (Å²) in [7, 11) is -3.12. The zero-order chi connectivity index (χ0) is 14.8. The van der Waals surface area contributed by atoms with Crippen LogP contribution in [-0.4, -0.2) is 41.3 Å². The van der Waals surface area contributed by atoms with Crippen molar-refractivity contribution in [3.05, 3.63) is 42.1 Å². The second kappa shape index (κ2) is 5.46. The van der Waals surface area contributed by atoms with Gasteiger partial charge < -0.3 is 5.11 Å². The summed E-state index contributed by atoms with van der Waals surface area (Å²) in [5, 5.41) is 13.4. The van der Waals surface area contributed by atoms with Crippen LogP contribution in [0.1, 0.15) is 10.4 Å². The lowest BCUT2D eigenvalue weighted by Gasteiger charge is -1.99. The zero-order valence-corrected chi connectivity index (χ0v) is 11.7. The molecule has 0 unspecified atom stereocenters. The second-order valence-electron chi connectivity index (χ2n) is 4.46. The largest absolute Gasteiger partial charge is 0.478 e. The Kier molecular flexibility index (Phi) is 3.89. The molecule has 0 atom stereocenters. The molecule has 1 heterocycles. The summed E-state index contributed by atoms with van der Waals surface area (Å²) in [6.07, 6.45) is 2.49. The fourth-order valence-corrected chi connectivity index (χ4v) is 2.28. The Morgan fingerprint density at radius 2 is 1.95 bits per heavy atom. The van der Waals surface area contributed by atoms with Gasteiger partial charge in [-0.2, -0.15) is 5.10 Å². The summed E-state index contributed by atoms with van der Waals surface area (Å²) in [6, 6.07) is 8.92. The molecule has 1 aromatic heterocycles. The number of aromatic nitrogens is 2. The molecule has 0 amide bonds. The summed E-state index contributed by atoms with van der Waals surface area (Å²) >= 11 is 0. The van der Waals surface area contributed by atoms with Crippen molar-refractivity contribution in [3.8, 4) is 11.3 Å². The van der Waals surface area contributed by atoms with E-state index in [0.29, 0.717) is 11.3 Å². The van der Waals surface area contributed by atoms with E-state index in [2.05, 4.69) is 5.10 Å². The molecule has 0 saturated heterocycles. The van der Waals surface area contributed by atoms with Crippen LogP contribution < -0.4 is 0 Å². The molecule has 0 aliphatic rings. The summed E-state index contributed by atoms with van der Waals surface area (Å²) < 4.78 is 23.6. The standard InChI is InChI=1S/C13H14N2O4S/c1-20(18,19)8-7-15-9-11(13(16)17)12(14-15)10-5-3-2-4-6-10/h2-6,9H,7-8H2,1H3,(H,16,17). The van der Waals surface area contributed by atoms with Crippen LogP contribution in [0.15, 0.2) is 36.5 Å². The summed E-state index contributed by atoms with van der Waals surface area (Å²) in [6.45, 7) is 0.131. The number of carbonyl (C=O) groups is 1. The Morgan fingerprint density at radius 3 is 2.50 bits per heavy atom. The quantitative estimate of drug-likeness (QED) is 0.897. The smallest absolute Gasteiger partial charge is 0.339 e. The Balaban J connectivity index is 2.37. The fourth-order valence-electron chi connectivity index (χ4n) is 1.76. The molecule has 0 spiro atoms. The molecule has 0 aliphatic heterocycles. The van der Waals surface area contributed by atoms with Gasteiger partial charge in [0.05, 0.1) is 12.3 Å². The number of aryl methyl sites for hydroxylation is 1. The zero-order valence-electron chi connectivity index (χ0n) is 10.9. The van der Waals surface area contributed by atoms with Crippen molar-refractivity contribution in [3.63, 3.8) is 0 Å². The van der Waals surface area contributed by atoms with Crippen LogP contribution in [0.2, 0.25) is 0 Å². The van der Waals surface area contributed by atoms with E-state index in [9.17, 15) is 18.3 Å². The Hall–Kier alpha value is -2.15. The molecule has 1 aromatic carbocycles. The van der Waals surface area contributed by atoms with Gasteiger partial charge in [-0.1, -0.05) is 30.3 Å². The summed E-state index contributed by atoms with van der Waals surface area (Å²) in [5.41, 5.74) is 1.08. The third kappa shape index (κ3) is 3.45. The first-order valence-electron chi connectivity index (χ1n) is 5.91. The van der Waals surface area contributed by atoms with Gasteiger partial charge in [0.25, 0.3) is 0 Å². The van der Waals surface area contributed by atoms with Gasteiger partial charge in [-0.3, -0.25) is 4.68 Å². The van der Waals surface area contributed by atoms with Crippen LogP contribution in [0.3, 0.4) is 0 Å². The molecule has 0 aliphatic carbocycles. The molecule has 2 aromatic rings. The topological polar surface area (TPSA) is 89.3 Å². The average Bonchev–Trinajstić information content (AvgIpc) is 2.81. The molecule has 0 saturated carbocycles. The van der Waals surface area contributed by atoms with Gasteiger partial charge in [0, 0.05) is 18.0 Å². The highest BCUT2D eigenvalue weighted by atomic mass is 32.2. The van der Waals surface area contributed by atoms with E-state index in [1.54, 1.807) is 24.3 Å². The lowest BCUT2D eigenvalue weighted by Crippen LogP contribution is -2.11. The lowest BCUT2D eigenvalue weighted by atomic mass is 10.1. The molecule has 2 rings (SSSR count). The molecule has 0 radical (unpaired) electrons. The van der Waals surface area contributed by atoms with Crippen LogP contribution in [-0.2, 0) is 16.4 Å². The predicted octanol–water partition coefficient (Wildman–Crippen LogP) is 1.29. The predicted molar refractivity (Wildman–Crippen MR) is 74.3 cm³/mol. The number of hydrogen-bond donors (Lipinski definition) is 1. The highest BCUT2D eigenvalue weighted by Crippen LogP contribution is 2.21. The molecule has 0 bridgehead atoms. The van der Waals surface area contributed by atoms with Gasteiger partial charge in [-0.25, -0.2) is 13.2 Å². The van der Waals surface area contributed by atoms with E-state index in [1.165, 1.54) is 10.9 Å². The van der Waals surface area contributed by atoms with Crippen molar-refractivity contribution in [1.82, 2.24) is 9.78 Å². The van der Waals surface area contributed by atoms with Crippen molar-refractivity contribution >= 4 is 15.8 Å². The van der Waals surface area contributed by atoms with Gasteiger partial charge >= 0.3 is 5.97 Å². The number of rotatable bonds is 5. The molecule has 20 heavy (non-hydrogen) atoms. The summed E-state index contributed by atoms with van der Waals surface area (Å²) in [5.74, 6) is -1.17. The Labute approximate surface area is 116 Å². The minimum absolute atomic E-state index is 0.0599. The summed E-state index contributed by atoms with van der Waals surface area (Å²) in [4.78, 5) is 11.2. The Morgan fingerprint density at radius 1 is 1.30 bits per heavy atom. The van der Waals surface area contributed by atoms with Gasteiger partial charge in [0.15, 0.2) is 0 Å². The van der Waals surface area contributed by atoms with Gasteiger partial charge in [-0.05, 0) is 0 Å². The minimum Gasteiger partial charge on any atom is -0.478 e. The first kappa shape index (κ1) is 14.3. The first-order valence-corrected chi connectivity index (χ1v) is 7.97. The van der Waals surface area contributed by atoms with Crippen LogP contribution >= 0.6 is 0 Å². The number of sulfone groups is 1. The lowest BCUT2D eigenvalue weighted by molar-refractivity contribution is 0.0697. The van der Waals surface area contributed by atoms with E-state index in [1.807, 2.05) is 6.07 Å². The SMILES string of the molecule is CS(=O)(=O)CCn1cc(C(=O)O)c(-c2ccccc2)n1. The maximum absolute atomic E-state index is 11.2. The third-order valence-electron chi connectivity index (χ3n) is 2.73. The number of aromatic carboxylic acids is 1. The van der Waals surface area contributed by atoms with Crippen molar-refractivity contribution in [1.29, 1.82) is 0 Å². The van der Waals surface area contributed by atoms with Crippen molar-refractivity contribution in [2.24, 2.45) is 0 Å². The number of carboxylic acids is 1. The van der Waals surface area contributed by atoms with E-state index < -0.39 is 15.8 Å². The molecule has 106 valence electrons. The van der Waals surface area contributed by atoms with Crippen LogP contribution in [0.5, 0.6) is 0 Å². The molecule has 6 nitrogen and oxygen atoms in total. The van der Waals surface area contributed by atoms with Crippen LogP contribution in [0.4, 0.5) is 0 Å². The van der Waals surface area contributed by atoms with Gasteiger partial charge in [0.2, 0.25) is 0 Å². The number of benzene rings is 1. The molecule has 1 N–H and O–H groups in total. The Bertz CT molecular complexity index is 720. The van der Waals surface area contributed by atoms with Crippen LogP contribution in [0.25, 0.3) is 11.3 Å². The highest BCUT2D eigenvalue weighted by molar-refractivity contribution is 7.90. The van der Waals surface area contributed by atoms with Crippen molar-refractivity contribution in [2.75, 3.05) is 12.0 Å². The molecule has 7 heteroatoms. The number of carboxylic acid groups (broad SMARTS) is 1. The second-order valence-corrected chi connectivity index (χ2v) is 6.72. The normalized spacial score (nSPS) is 11.4. The molecular formula is C13H14N2O4S. The average molecular weight is 294 g/mol. The van der Waals surface area contributed by atoms with E-state index in [4.69, 9.17) is 0 Å². The van der Waals surface area contributed by atoms with Crippen molar-refractivity contribution in [2.45, 2.75) is 6.54 Å². The van der Waals surface area contributed by atoms with Gasteiger partial charge in [-0.15, -0.1) is 0 Å². The molecule has 0 fully saturated rings. The van der Waals surface area contributed by atoms with E-state index in [0.717, 1.165) is 6.26 Å². The maximum Gasteiger partial charge on any atom is 0.339 e. The fraction of sp³-hybridized carbons (Fsp3) is 0.231. The maximum atomic E-state index is 11.2. The number of hydrogen-bond acceptors (Lipinski definition) is 4. The van der Waals surface area contributed by atoms with E-state index in [-0.39, 0.29) is 17.9 Å². The first-order chi connectivity index (χ1) is 9.37.